The summed E-state index contributed by atoms with van der Waals surface area (Å²) < 4.78 is 0. The molecule has 3 nitrogen and oxygen atoms in total. The molecule has 1 aliphatic heterocycles. The zero-order chi connectivity index (χ0) is 9.42. The molecular formula is C10H12N2O. The van der Waals surface area contributed by atoms with Gasteiger partial charge in [0.1, 0.15) is 0 Å². The van der Waals surface area contributed by atoms with Gasteiger partial charge in [0.05, 0.1) is 17.8 Å². The summed E-state index contributed by atoms with van der Waals surface area (Å²) in [5.41, 5.74) is 2.86. The normalized spacial score (nSPS) is 14.9. The van der Waals surface area contributed by atoms with Crippen LogP contribution in [-0.2, 0) is 13.0 Å². The van der Waals surface area contributed by atoms with Crippen LogP contribution in [0.1, 0.15) is 28.5 Å². The molecule has 1 aromatic rings. The minimum Gasteiger partial charge on any atom is -0.336 e. The molecule has 0 fully saturated rings. The van der Waals surface area contributed by atoms with E-state index < -0.39 is 0 Å². The van der Waals surface area contributed by atoms with Gasteiger partial charge in [0.2, 0.25) is 0 Å². The number of nitrogens with zero attached hydrogens (tertiary/aromatic N) is 2. The number of fused-ring (bicyclic) bond motifs is 1. The van der Waals surface area contributed by atoms with Gasteiger partial charge in [0.25, 0.3) is 5.91 Å². The van der Waals surface area contributed by atoms with Crippen LogP contribution in [0.3, 0.4) is 0 Å². The summed E-state index contributed by atoms with van der Waals surface area (Å²) in [4.78, 5) is 17.6. The maximum atomic E-state index is 11.7. The van der Waals surface area contributed by atoms with Crippen molar-refractivity contribution < 1.29 is 4.79 Å². The zero-order valence-electron chi connectivity index (χ0n) is 7.87. The highest BCUT2D eigenvalue weighted by atomic mass is 16.2. The first kappa shape index (κ1) is 8.23. The van der Waals surface area contributed by atoms with E-state index in [0.29, 0.717) is 6.54 Å². The monoisotopic (exact) mass is 176 g/mol. The maximum Gasteiger partial charge on any atom is 0.256 e. The van der Waals surface area contributed by atoms with Crippen LogP contribution in [0.25, 0.3) is 0 Å². The van der Waals surface area contributed by atoms with E-state index in [1.165, 1.54) is 0 Å². The van der Waals surface area contributed by atoms with Gasteiger partial charge in [-0.25, -0.2) is 0 Å². The van der Waals surface area contributed by atoms with Crippen molar-refractivity contribution in [3.63, 3.8) is 0 Å². The van der Waals surface area contributed by atoms with Crippen molar-refractivity contribution in [3.8, 4) is 0 Å². The Labute approximate surface area is 77.4 Å². The Kier molecular flexibility index (Phi) is 1.79. The van der Waals surface area contributed by atoms with Gasteiger partial charge >= 0.3 is 0 Å². The Morgan fingerprint density at radius 3 is 3.08 bits per heavy atom. The van der Waals surface area contributed by atoms with Crippen molar-refractivity contribution in [2.75, 3.05) is 7.05 Å². The smallest absolute Gasteiger partial charge is 0.256 e. The lowest BCUT2D eigenvalue weighted by atomic mass is 10.1. The molecule has 13 heavy (non-hydrogen) atoms. The number of hydrogen-bond donors (Lipinski definition) is 0. The SMILES string of the molecule is CCc1ccnc2c1C(=O)N(C)C2. The zero-order valence-corrected chi connectivity index (χ0v) is 7.87. The topological polar surface area (TPSA) is 33.2 Å². The van der Waals surface area contributed by atoms with E-state index >= 15 is 0 Å². The lowest BCUT2D eigenvalue weighted by Gasteiger charge is -2.05. The second-order valence-corrected chi connectivity index (χ2v) is 3.31. The number of carbonyl (C=O) groups is 1. The van der Waals surface area contributed by atoms with Crippen LogP contribution >= 0.6 is 0 Å². The molecule has 0 unspecified atom stereocenters. The maximum absolute atomic E-state index is 11.7. The first-order chi connectivity index (χ1) is 6.24. The van der Waals surface area contributed by atoms with Gasteiger partial charge in [-0.2, -0.15) is 0 Å². The number of carbonyl (C=O) groups excluding carboxylic acids is 1. The van der Waals surface area contributed by atoms with Crippen molar-refractivity contribution in [3.05, 3.63) is 29.1 Å². The molecule has 0 saturated carbocycles. The fraction of sp³-hybridized carbons (Fsp3) is 0.400. The highest BCUT2D eigenvalue weighted by molar-refractivity contribution is 5.98. The number of rotatable bonds is 1. The third-order valence-corrected chi connectivity index (χ3v) is 2.44. The Morgan fingerprint density at radius 2 is 2.38 bits per heavy atom. The summed E-state index contributed by atoms with van der Waals surface area (Å²) in [5, 5.41) is 0. The molecule has 2 rings (SSSR count). The van der Waals surface area contributed by atoms with E-state index in [1.54, 1.807) is 11.1 Å². The average molecular weight is 176 g/mol. The van der Waals surface area contributed by atoms with Crippen LogP contribution in [0.15, 0.2) is 12.3 Å². The Balaban J connectivity index is 2.58. The molecule has 3 heteroatoms. The molecular weight excluding hydrogens is 164 g/mol. The molecule has 1 aliphatic rings. The molecule has 0 radical (unpaired) electrons. The van der Waals surface area contributed by atoms with Crippen LogP contribution in [0.2, 0.25) is 0 Å². The van der Waals surface area contributed by atoms with E-state index in [1.807, 2.05) is 13.1 Å². The number of hydrogen-bond acceptors (Lipinski definition) is 2. The van der Waals surface area contributed by atoms with Crippen LogP contribution in [0.4, 0.5) is 0 Å². The largest absolute Gasteiger partial charge is 0.336 e. The predicted octanol–water partition coefficient (Wildman–Crippen LogP) is 1.23. The Bertz CT molecular complexity index is 360. The van der Waals surface area contributed by atoms with Crippen molar-refractivity contribution in [1.82, 2.24) is 9.88 Å². The molecule has 0 atom stereocenters. The lowest BCUT2D eigenvalue weighted by Crippen LogP contribution is -2.18. The second kappa shape index (κ2) is 2.83. The van der Waals surface area contributed by atoms with Crippen molar-refractivity contribution in [2.45, 2.75) is 19.9 Å². The summed E-state index contributed by atoms with van der Waals surface area (Å²) >= 11 is 0. The van der Waals surface area contributed by atoms with E-state index in [-0.39, 0.29) is 5.91 Å². The van der Waals surface area contributed by atoms with Crippen LogP contribution in [-0.4, -0.2) is 22.8 Å². The molecule has 0 aromatic carbocycles. The molecule has 0 saturated heterocycles. The fourth-order valence-corrected chi connectivity index (χ4v) is 1.71. The van der Waals surface area contributed by atoms with E-state index in [4.69, 9.17) is 0 Å². The van der Waals surface area contributed by atoms with Crippen molar-refractivity contribution in [2.24, 2.45) is 0 Å². The predicted molar refractivity (Wildman–Crippen MR) is 49.4 cm³/mol. The third kappa shape index (κ3) is 1.11. The highest BCUT2D eigenvalue weighted by Crippen LogP contribution is 2.22. The lowest BCUT2D eigenvalue weighted by molar-refractivity contribution is 0.0815. The van der Waals surface area contributed by atoms with E-state index in [0.717, 1.165) is 23.2 Å². The number of pyridine rings is 1. The number of aryl methyl sites for hydroxylation is 1. The summed E-state index contributed by atoms with van der Waals surface area (Å²) in [5.74, 6) is 0.111. The third-order valence-electron chi connectivity index (χ3n) is 2.44. The average Bonchev–Trinajstić information content (AvgIpc) is 2.43. The second-order valence-electron chi connectivity index (χ2n) is 3.31. The van der Waals surface area contributed by atoms with Gasteiger partial charge in [0, 0.05) is 13.2 Å². The molecule has 0 bridgehead atoms. The van der Waals surface area contributed by atoms with Gasteiger partial charge in [-0.1, -0.05) is 6.92 Å². The molecule has 0 spiro atoms. The van der Waals surface area contributed by atoms with E-state index in [9.17, 15) is 4.79 Å². The van der Waals surface area contributed by atoms with Gasteiger partial charge < -0.3 is 4.90 Å². The van der Waals surface area contributed by atoms with Gasteiger partial charge in [-0.05, 0) is 18.1 Å². The molecule has 1 amide bonds. The van der Waals surface area contributed by atoms with E-state index in [2.05, 4.69) is 11.9 Å². The molecule has 1 aromatic heterocycles. The molecule has 0 N–H and O–H groups in total. The molecule has 68 valence electrons. The van der Waals surface area contributed by atoms with Crippen LogP contribution in [0, 0.1) is 0 Å². The van der Waals surface area contributed by atoms with Crippen LogP contribution in [0.5, 0.6) is 0 Å². The summed E-state index contributed by atoms with van der Waals surface area (Å²) in [6, 6.07) is 1.93. The summed E-state index contributed by atoms with van der Waals surface area (Å²) in [6.07, 6.45) is 2.68. The fourth-order valence-electron chi connectivity index (χ4n) is 1.71. The summed E-state index contributed by atoms with van der Waals surface area (Å²) in [6.45, 7) is 2.71. The van der Waals surface area contributed by atoms with Gasteiger partial charge in [0.15, 0.2) is 0 Å². The number of aromatic nitrogens is 1. The highest BCUT2D eigenvalue weighted by Gasteiger charge is 2.27. The Morgan fingerprint density at radius 1 is 1.62 bits per heavy atom. The number of amides is 1. The quantitative estimate of drug-likeness (QED) is 0.644. The summed E-state index contributed by atoms with van der Waals surface area (Å²) in [7, 11) is 1.81. The van der Waals surface area contributed by atoms with Crippen LogP contribution < -0.4 is 0 Å². The van der Waals surface area contributed by atoms with Crippen molar-refractivity contribution >= 4 is 5.91 Å². The first-order valence-corrected chi connectivity index (χ1v) is 4.46. The van der Waals surface area contributed by atoms with Gasteiger partial charge in [-0.3, -0.25) is 9.78 Å². The molecule has 2 heterocycles. The molecule has 0 aliphatic carbocycles. The first-order valence-electron chi connectivity index (χ1n) is 4.46. The van der Waals surface area contributed by atoms with Gasteiger partial charge in [-0.15, -0.1) is 0 Å². The van der Waals surface area contributed by atoms with Crippen molar-refractivity contribution in [1.29, 1.82) is 0 Å². The minimum absolute atomic E-state index is 0.111. The Hall–Kier alpha value is -1.38. The minimum atomic E-state index is 0.111. The standard InChI is InChI=1S/C10H12N2O/c1-3-7-4-5-11-8-6-12(2)10(13)9(7)8/h4-5H,3,6H2,1-2H3.